The van der Waals surface area contributed by atoms with Gasteiger partial charge in [0.1, 0.15) is 18.3 Å². The molecule has 3 aromatic rings. The molecule has 0 fully saturated rings. The van der Waals surface area contributed by atoms with Crippen LogP contribution in [0.5, 0.6) is 5.75 Å². The van der Waals surface area contributed by atoms with E-state index in [4.69, 9.17) is 4.74 Å². The normalized spacial score (nSPS) is 12.1. The number of nitrogens with zero attached hydrogens (tertiary/aromatic N) is 2. The number of methoxy groups -OCH3 is 1. The maximum atomic E-state index is 14.0. The molecule has 1 N–H and O–H groups in total. The smallest absolute Gasteiger partial charge is 0.264 e. The molecule has 0 aliphatic rings. The van der Waals surface area contributed by atoms with E-state index in [9.17, 15) is 18.0 Å². The van der Waals surface area contributed by atoms with E-state index in [1.165, 1.54) is 24.1 Å². The number of amides is 2. The van der Waals surface area contributed by atoms with Crippen molar-refractivity contribution in [2.45, 2.75) is 45.2 Å². The summed E-state index contributed by atoms with van der Waals surface area (Å²) in [6, 6.07) is 19.8. The molecule has 0 saturated carbocycles. The number of ether oxygens (including phenoxy) is 1. The van der Waals surface area contributed by atoms with E-state index >= 15 is 0 Å². The molecule has 0 heterocycles. The Morgan fingerprint density at radius 1 is 0.975 bits per heavy atom. The SMILES string of the molecule is COc1ccc(S(=O)(=O)N(CC(=O)N(Cc2ccccc2)[C@H](C)C(=O)NCC(C)C)c2ccc(C)cc2)cc1Br. The number of aryl methyl sites for hydroxylation is 1. The molecule has 214 valence electrons. The first-order valence-corrected chi connectivity index (χ1v) is 15.2. The molecule has 8 nitrogen and oxygen atoms in total. The summed E-state index contributed by atoms with van der Waals surface area (Å²) in [7, 11) is -2.69. The summed E-state index contributed by atoms with van der Waals surface area (Å²) in [4.78, 5) is 28.4. The highest BCUT2D eigenvalue weighted by Crippen LogP contribution is 2.31. The standard InChI is InChI=1S/C30H36BrN3O5S/c1-21(2)18-32-30(36)23(4)33(19-24-9-7-6-8-10-24)29(35)20-34(25-13-11-22(3)12-14-25)40(37,38)26-15-16-28(39-5)27(31)17-26/h6-17,21,23H,18-20H2,1-5H3,(H,32,36)/t23-/m1/s1. The van der Waals surface area contributed by atoms with Crippen LogP contribution in [0.1, 0.15) is 31.9 Å². The van der Waals surface area contributed by atoms with E-state index in [0.29, 0.717) is 22.5 Å². The zero-order chi connectivity index (χ0) is 29.4. The fourth-order valence-corrected chi connectivity index (χ4v) is 6.12. The molecule has 3 aromatic carbocycles. The van der Waals surface area contributed by atoms with E-state index in [0.717, 1.165) is 15.4 Å². The zero-order valence-electron chi connectivity index (χ0n) is 23.4. The average Bonchev–Trinajstić information content (AvgIpc) is 2.93. The molecule has 40 heavy (non-hydrogen) atoms. The third-order valence-electron chi connectivity index (χ3n) is 6.36. The molecule has 3 rings (SSSR count). The number of halogens is 1. The fourth-order valence-electron chi connectivity index (χ4n) is 3.99. The Morgan fingerprint density at radius 2 is 1.62 bits per heavy atom. The lowest BCUT2D eigenvalue weighted by Gasteiger charge is -2.32. The summed E-state index contributed by atoms with van der Waals surface area (Å²) in [5, 5.41) is 2.89. The highest BCUT2D eigenvalue weighted by Gasteiger charge is 2.32. The molecule has 2 amide bonds. The van der Waals surface area contributed by atoms with Gasteiger partial charge in [-0.1, -0.05) is 61.9 Å². The van der Waals surface area contributed by atoms with Gasteiger partial charge in [-0.05, 0) is 71.6 Å². The predicted molar refractivity (Wildman–Crippen MR) is 161 cm³/mol. The van der Waals surface area contributed by atoms with Crippen molar-refractivity contribution in [3.63, 3.8) is 0 Å². The van der Waals surface area contributed by atoms with Gasteiger partial charge in [0, 0.05) is 13.1 Å². The van der Waals surface area contributed by atoms with Gasteiger partial charge >= 0.3 is 0 Å². The zero-order valence-corrected chi connectivity index (χ0v) is 25.8. The van der Waals surface area contributed by atoms with Crippen LogP contribution >= 0.6 is 15.9 Å². The second-order valence-electron chi connectivity index (χ2n) is 9.97. The minimum absolute atomic E-state index is 0.00844. The van der Waals surface area contributed by atoms with Gasteiger partial charge in [-0.25, -0.2) is 8.42 Å². The average molecular weight is 631 g/mol. The van der Waals surface area contributed by atoms with Crippen molar-refractivity contribution in [3.8, 4) is 5.75 Å². The highest BCUT2D eigenvalue weighted by molar-refractivity contribution is 9.10. The van der Waals surface area contributed by atoms with E-state index in [-0.39, 0.29) is 23.3 Å². The number of anilines is 1. The van der Waals surface area contributed by atoms with Crippen LogP contribution in [-0.4, -0.2) is 51.4 Å². The van der Waals surface area contributed by atoms with Gasteiger partial charge in [0.05, 0.1) is 22.2 Å². The summed E-state index contributed by atoms with van der Waals surface area (Å²) in [5.74, 6) is -0.0952. The molecule has 0 bridgehead atoms. The van der Waals surface area contributed by atoms with Crippen molar-refractivity contribution in [1.29, 1.82) is 0 Å². The van der Waals surface area contributed by atoms with Crippen LogP contribution in [0.25, 0.3) is 0 Å². The van der Waals surface area contributed by atoms with Crippen molar-refractivity contribution >= 4 is 43.5 Å². The number of hydrogen-bond donors (Lipinski definition) is 1. The van der Waals surface area contributed by atoms with Crippen LogP contribution in [0.3, 0.4) is 0 Å². The Balaban J connectivity index is 2.02. The third-order valence-corrected chi connectivity index (χ3v) is 8.75. The summed E-state index contributed by atoms with van der Waals surface area (Å²) in [6.45, 7) is 7.64. The first-order valence-electron chi connectivity index (χ1n) is 13.0. The molecule has 0 radical (unpaired) electrons. The Bertz CT molecular complexity index is 1410. The molecule has 0 aliphatic carbocycles. The van der Waals surface area contributed by atoms with Crippen molar-refractivity contribution in [3.05, 3.63) is 88.4 Å². The minimum Gasteiger partial charge on any atom is -0.496 e. The number of rotatable bonds is 12. The molecule has 0 spiro atoms. The van der Waals surface area contributed by atoms with Crippen LogP contribution in [0, 0.1) is 12.8 Å². The molecule has 0 aromatic heterocycles. The molecule has 10 heteroatoms. The number of benzene rings is 3. The van der Waals surface area contributed by atoms with E-state index in [1.807, 2.05) is 51.1 Å². The van der Waals surface area contributed by atoms with Crippen LogP contribution < -0.4 is 14.4 Å². The van der Waals surface area contributed by atoms with Crippen LogP contribution in [-0.2, 0) is 26.2 Å². The molecular formula is C30H36BrN3O5S. The van der Waals surface area contributed by atoms with Gasteiger partial charge in [-0.3, -0.25) is 13.9 Å². The quantitative estimate of drug-likeness (QED) is 0.299. The fraction of sp³-hybridized carbons (Fsp3) is 0.333. The van der Waals surface area contributed by atoms with Gasteiger partial charge in [0.2, 0.25) is 11.8 Å². The first-order chi connectivity index (χ1) is 18.9. The number of nitrogens with one attached hydrogen (secondary N) is 1. The maximum Gasteiger partial charge on any atom is 0.264 e. The Morgan fingerprint density at radius 3 is 2.20 bits per heavy atom. The predicted octanol–water partition coefficient (Wildman–Crippen LogP) is 5.15. The lowest BCUT2D eigenvalue weighted by Crippen LogP contribution is -2.51. The second-order valence-corrected chi connectivity index (χ2v) is 12.7. The van der Waals surface area contributed by atoms with Crippen LogP contribution in [0.15, 0.2) is 82.2 Å². The molecule has 0 saturated heterocycles. The molecule has 0 unspecified atom stereocenters. The van der Waals surface area contributed by atoms with Gasteiger partial charge in [-0.15, -0.1) is 0 Å². The van der Waals surface area contributed by atoms with Crippen molar-refractivity contribution in [2.75, 3.05) is 24.5 Å². The third kappa shape index (κ3) is 7.85. The number of carbonyl (C=O) groups is 2. The topological polar surface area (TPSA) is 96.0 Å². The van der Waals surface area contributed by atoms with E-state index in [2.05, 4.69) is 21.2 Å². The van der Waals surface area contributed by atoms with Crippen molar-refractivity contribution in [2.24, 2.45) is 5.92 Å². The number of hydrogen-bond acceptors (Lipinski definition) is 5. The van der Waals surface area contributed by atoms with Crippen LogP contribution in [0.2, 0.25) is 0 Å². The van der Waals surface area contributed by atoms with Crippen molar-refractivity contribution < 1.29 is 22.7 Å². The lowest BCUT2D eigenvalue weighted by molar-refractivity contribution is -0.139. The Labute approximate surface area is 245 Å². The second kappa shape index (κ2) is 13.8. The maximum absolute atomic E-state index is 14.0. The molecule has 0 aliphatic heterocycles. The summed E-state index contributed by atoms with van der Waals surface area (Å²) in [6.07, 6.45) is 0. The molecular weight excluding hydrogens is 594 g/mol. The van der Waals surface area contributed by atoms with Gasteiger partial charge in [0.15, 0.2) is 0 Å². The number of carbonyl (C=O) groups excluding carboxylic acids is 2. The Hall–Kier alpha value is -3.37. The van der Waals surface area contributed by atoms with E-state index < -0.39 is 28.5 Å². The summed E-state index contributed by atoms with van der Waals surface area (Å²) < 4.78 is 34.8. The van der Waals surface area contributed by atoms with Crippen molar-refractivity contribution in [1.82, 2.24) is 10.2 Å². The number of sulfonamides is 1. The van der Waals surface area contributed by atoms with Crippen LogP contribution in [0.4, 0.5) is 5.69 Å². The highest BCUT2D eigenvalue weighted by atomic mass is 79.9. The first kappa shape index (κ1) is 31.2. The van der Waals surface area contributed by atoms with E-state index in [1.54, 1.807) is 37.3 Å². The van der Waals surface area contributed by atoms with Gasteiger partial charge in [0.25, 0.3) is 10.0 Å². The minimum atomic E-state index is -4.18. The summed E-state index contributed by atoms with van der Waals surface area (Å²) >= 11 is 3.36. The van der Waals surface area contributed by atoms with Gasteiger partial charge < -0.3 is 15.0 Å². The Kier molecular flexibility index (Phi) is 10.8. The lowest BCUT2D eigenvalue weighted by atomic mass is 10.1. The summed E-state index contributed by atoms with van der Waals surface area (Å²) in [5.41, 5.74) is 2.10. The largest absolute Gasteiger partial charge is 0.496 e. The molecule has 1 atom stereocenters. The monoisotopic (exact) mass is 629 g/mol. The van der Waals surface area contributed by atoms with Gasteiger partial charge in [-0.2, -0.15) is 0 Å².